The van der Waals surface area contributed by atoms with Crippen LogP contribution in [0.15, 0.2) is 18.5 Å². The summed E-state index contributed by atoms with van der Waals surface area (Å²) < 4.78 is 7.89. The molecule has 166 valence electrons. The number of anilines is 1. The van der Waals surface area contributed by atoms with Gasteiger partial charge >= 0.3 is 6.09 Å². The molecule has 4 rings (SSSR count). The Morgan fingerprint density at radius 2 is 2.16 bits per heavy atom. The number of fused-ring (bicyclic) bond motifs is 1. The van der Waals surface area contributed by atoms with Crippen LogP contribution in [0.1, 0.15) is 24.8 Å². The number of aromatic nitrogens is 2. The molecule has 0 aliphatic carbocycles. The summed E-state index contributed by atoms with van der Waals surface area (Å²) >= 11 is 0. The quantitative estimate of drug-likeness (QED) is 0.539. The second kappa shape index (κ2) is 8.17. The fraction of sp³-hybridized carbons (Fsp3) is 0.591. The van der Waals surface area contributed by atoms with Gasteiger partial charge in [0.05, 0.1) is 16.8 Å². The summed E-state index contributed by atoms with van der Waals surface area (Å²) in [7, 11) is -1.14. The largest absolute Gasteiger partial charge is 0.465 e. The number of ether oxygens (including phenoxy) is 1. The van der Waals surface area contributed by atoms with Crippen LogP contribution in [0, 0.1) is 11.3 Å². The highest BCUT2D eigenvalue weighted by Crippen LogP contribution is 2.42. The summed E-state index contributed by atoms with van der Waals surface area (Å²) in [6.45, 7) is 10.2. The molecule has 2 saturated heterocycles. The third kappa shape index (κ3) is 4.14. The van der Waals surface area contributed by atoms with Gasteiger partial charge in [0.2, 0.25) is 0 Å². The smallest absolute Gasteiger partial charge is 0.407 e. The summed E-state index contributed by atoms with van der Waals surface area (Å²) in [5, 5.41) is 20.2. The highest BCUT2D eigenvalue weighted by molar-refractivity contribution is 6.76. The molecule has 0 saturated carbocycles. The standard InChI is InChI=1S/C22H31N5O3Si/c1-31(2,3)12-11-30-16-26-9-5-18-19(17(13-23)14-24-20(18)26)25-8-4-6-22(15-25)7-10-27(22)21(28)29/h5,9,14H,4,6-8,10-12,15-16H2,1-3H3,(H,28,29). The van der Waals surface area contributed by atoms with Gasteiger partial charge in [-0.25, -0.2) is 9.78 Å². The molecule has 1 amide bonds. The highest BCUT2D eigenvalue weighted by Gasteiger charge is 2.50. The molecule has 1 spiro atoms. The molecule has 2 aromatic heterocycles. The van der Waals surface area contributed by atoms with Gasteiger partial charge in [-0.3, -0.25) is 0 Å². The zero-order valence-corrected chi connectivity index (χ0v) is 19.6. The molecule has 0 bridgehead atoms. The monoisotopic (exact) mass is 441 g/mol. The number of carbonyl (C=O) groups is 1. The number of piperidine rings is 1. The second-order valence-electron chi connectivity index (χ2n) is 9.94. The summed E-state index contributed by atoms with van der Waals surface area (Å²) in [4.78, 5) is 20.0. The lowest BCUT2D eigenvalue weighted by atomic mass is 9.77. The molecular formula is C22H31N5O3Si. The van der Waals surface area contributed by atoms with Gasteiger partial charge in [0.25, 0.3) is 0 Å². The van der Waals surface area contributed by atoms with Gasteiger partial charge in [0, 0.05) is 52.1 Å². The van der Waals surface area contributed by atoms with E-state index in [1.54, 1.807) is 11.1 Å². The van der Waals surface area contributed by atoms with Crippen molar-refractivity contribution in [1.82, 2.24) is 14.5 Å². The average molecular weight is 442 g/mol. The van der Waals surface area contributed by atoms with Crippen molar-refractivity contribution in [3.05, 3.63) is 24.0 Å². The number of carboxylic acid groups (broad SMARTS) is 1. The Morgan fingerprint density at radius 1 is 1.35 bits per heavy atom. The molecule has 1 unspecified atom stereocenters. The SMILES string of the molecule is C[Si](C)(C)CCOCn1ccc2c(N3CCCC4(CCN4C(=O)O)C3)c(C#N)cnc21. The van der Waals surface area contributed by atoms with Crippen LogP contribution in [0.25, 0.3) is 11.0 Å². The minimum atomic E-state index is -1.14. The lowest BCUT2D eigenvalue weighted by Gasteiger charge is -2.56. The normalized spacial score (nSPS) is 21.4. The first-order chi connectivity index (χ1) is 14.7. The molecule has 0 radical (unpaired) electrons. The van der Waals surface area contributed by atoms with Crippen LogP contribution in [0.4, 0.5) is 10.5 Å². The Balaban J connectivity index is 1.59. The Morgan fingerprint density at radius 3 is 2.81 bits per heavy atom. The number of hydrogen-bond donors (Lipinski definition) is 1. The Bertz CT molecular complexity index is 1020. The number of rotatable bonds is 6. The first-order valence-electron chi connectivity index (χ1n) is 11.0. The van der Waals surface area contributed by atoms with Gasteiger partial charge in [-0.05, 0) is 31.4 Å². The molecule has 8 nitrogen and oxygen atoms in total. The van der Waals surface area contributed by atoms with Crippen molar-refractivity contribution in [1.29, 1.82) is 5.26 Å². The summed E-state index contributed by atoms with van der Waals surface area (Å²) in [6, 6.07) is 5.40. The maximum Gasteiger partial charge on any atom is 0.407 e. The van der Waals surface area contributed by atoms with Gasteiger partial charge in [-0.2, -0.15) is 5.26 Å². The van der Waals surface area contributed by atoms with Crippen molar-refractivity contribution in [2.24, 2.45) is 0 Å². The molecule has 2 aliphatic heterocycles. The lowest BCUT2D eigenvalue weighted by molar-refractivity contribution is -0.00889. The number of pyridine rings is 1. The van der Waals surface area contributed by atoms with Crippen molar-refractivity contribution < 1.29 is 14.6 Å². The van der Waals surface area contributed by atoms with Crippen LogP contribution < -0.4 is 4.90 Å². The number of nitriles is 1. The van der Waals surface area contributed by atoms with E-state index in [4.69, 9.17) is 4.74 Å². The number of nitrogens with zero attached hydrogens (tertiary/aromatic N) is 5. The maximum absolute atomic E-state index is 11.7. The molecule has 2 aliphatic rings. The summed E-state index contributed by atoms with van der Waals surface area (Å²) in [5.41, 5.74) is 1.85. The maximum atomic E-state index is 11.7. The van der Waals surface area contributed by atoms with Gasteiger partial charge in [-0.1, -0.05) is 19.6 Å². The molecular weight excluding hydrogens is 410 g/mol. The van der Waals surface area contributed by atoms with E-state index in [-0.39, 0.29) is 5.54 Å². The third-order valence-corrected chi connectivity index (χ3v) is 8.29. The summed E-state index contributed by atoms with van der Waals surface area (Å²) in [6.07, 6.45) is 5.39. The van der Waals surface area contributed by atoms with Gasteiger partial charge in [0.15, 0.2) is 0 Å². The number of hydrogen-bond acceptors (Lipinski definition) is 5. The molecule has 1 atom stereocenters. The van der Waals surface area contributed by atoms with Crippen molar-refractivity contribution >= 4 is 30.9 Å². The van der Waals surface area contributed by atoms with Crippen LogP contribution in [-0.4, -0.2) is 65.5 Å². The van der Waals surface area contributed by atoms with E-state index in [0.717, 1.165) is 55.2 Å². The van der Waals surface area contributed by atoms with Crippen molar-refractivity contribution in [2.45, 2.75) is 57.2 Å². The Hall–Kier alpha value is -2.57. The Labute approximate surface area is 184 Å². The zero-order valence-electron chi connectivity index (χ0n) is 18.6. The van der Waals surface area contributed by atoms with Crippen LogP contribution in [0.3, 0.4) is 0 Å². The predicted molar refractivity (Wildman–Crippen MR) is 122 cm³/mol. The van der Waals surface area contributed by atoms with Crippen LogP contribution in [-0.2, 0) is 11.5 Å². The molecule has 31 heavy (non-hydrogen) atoms. The van der Waals surface area contributed by atoms with Crippen LogP contribution >= 0.6 is 0 Å². The van der Waals surface area contributed by atoms with Gasteiger partial charge in [-0.15, -0.1) is 0 Å². The molecule has 2 aromatic rings. The predicted octanol–water partition coefficient (Wildman–Crippen LogP) is 3.94. The van der Waals surface area contributed by atoms with Crippen molar-refractivity contribution in [2.75, 3.05) is 31.1 Å². The van der Waals surface area contributed by atoms with Gasteiger partial charge < -0.3 is 24.2 Å². The molecule has 2 fully saturated rings. The van der Waals surface area contributed by atoms with E-state index in [1.807, 2.05) is 16.8 Å². The Kier molecular flexibility index (Phi) is 5.70. The number of likely N-dealkylation sites (tertiary alicyclic amines) is 1. The molecule has 1 N–H and O–H groups in total. The lowest BCUT2D eigenvalue weighted by Crippen LogP contribution is -2.68. The van der Waals surface area contributed by atoms with Crippen molar-refractivity contribution in [3.8, 4) is 6.07 Å². The third-order valence-electron chi connectivity index (χ3n) is 6.58. The van der Waals surface area contributed by atoms with E-state index >= 15 is 0 Å². The van der Waals surface area contributed by atoms with E-state index in [2.05, 4.69) is 35.6 Å². The second-order valence-corrected chi connectivity index (χ2v) is 15.6. The molecule has 9 heteroatoms. The minimum absolute atomic E-state index is 0.338. The number of amides is 1. The average Bonchev–Trinajstić information content (AvgIpc) is 3.11. The highest BCUT2D eigenvalue weighted by atomic mass is 28.3. The van der Waals surface area contributed by atoms with Crippen molar-refractivity contribution in [3.63, 3.8) is 0 Å². The van der Waals surface area contributed by atoms with E-state index in [9.17, 15) is 15.2 Å². The molecule has 0 aromatic carbocycles. The van der Waals surface area contributed by atoms with Crippen LogP contribution in [0.5, 0.6) is 0 Å². The molecule has 4 heterocycles. The van der Waals surface area contributed by atoms with E-state index < -0.39 is 14.2 Å². The van der Waals surface area contributed by atoms with E-state index in [0.29, 0.717) is 25.4 Å². The zero-order chi connectivity index (χ0) is 22.2. The topological polar surface area (TPSA) is 94.6 Å². The van der Waals surface area contributed by atoms with E-state index in [1.165, 1.54) is 0 Å². The fourth-order valence-corrected chi connectivity index (χ4v) is 5.52. The minimum Gasteiger partial charge on any atom is -0.465 e. The summed E-state index contributed by atoms with van der Waals surface area (Å²) in [5.74, 6) is 0. The van der Waals surface area contributed by atoms with Gasteiger partial charge in [0.1, 0.15) is 18.4 Å². The first-order valence-corrected chi connectivity index (χ1v) is 14.7. The first kappa shape index (κ1) is 21.7. The van der Waals surface area contributed by atoms with Crippen LogP contribution in [0.2, 0.25) is 25.7 Å². The fourth-order valence-electron chi connectivity index (χ4n) is 4.76.